The number of rotatable bonds is 4. The van der Waals surface area contributed by atoms with E-state index >= 15 is 0 Å². The predicted molar refractivity (Wildman–Crippen MR) is 80.7 cm³/mol. The van der Waals surface area contributed by atoms with Crippen LogP contribution in [0, 0.1) is 11.8 Å². The standard InChI is InChI=1S/C13H21NO5S2/c1-8(2)12-14(10(6-20-12)13(16)17)11(15)5-9-3-4-21(18,19)7-9/h8-10,12H,3-7H2,1-2H3,(H,16,17). The molecule has 2 rings (SSSR count). The Morgan fingerprint density at radius 3 is 2.52 bits per heavy atom. The van der Waals surface area contributed by atoms with E-state index in [-0.39, 0.29) is 41.0 Å². The molecule has 0 aliphatic carbocycles. The SMILES string of the molecule is CC(C)C1SCC(C(=O)O)N1C(=O)CC1CCS(=O)(=O)C1. The van der Waals surface area contributed by atoms with E-state index in [1.165, 1.54) is 16.7 Å². The Morgan fingerprint density at radius 2 is 2.05 bits per heavy atom. The van der Waals surface area contributed by atoms with Gasteiger partial charge < -0.3 is 10.0 Å². The first kappa shape index (κ1) is 16.6. The summed E-state index contributed by atoms with van der Waals surface area (Å²) in [6.45, 7) is 3.92. The number of carbonyl (C=O) groups is 2. The Balaban J connectivity index is 2.09. The number of nitrogens with zero attached hydrogens (tertiary/aromatic N) is 1. The van der Waals surface area contributed by atoms with Crippen molar-refractivity contribution in [3.05, 3.63) is 0 Å². The molecule has 8 heteroatoms. The molecule has 2 aliphatic rings. The Bertz CT molecular complexity index is 531. The van der Waals surface area contributed by atoms with Crippen LogP contribution in [-0.4, -0.2) is 59.0 Å². The second kappa shape index (κ2) is 6.16. The lowest BCUT2D eigenvalue weighted by Gasteiger charge is -2.30. The van der Waals surface area contributed by atoms with Gasteiger partial charge in [-0.15, -0.1) is 11.8 Å². The molecule has 2 fully saturated rings. The van der Waals surface area contributed by atoms with Gasteiger partial charge in [0.15, 0.2) is 9.84 Å². The minimum atomic E-state index is -3.02. The van der Waals surface area contributed by atoms with E-state index in [0.29, 0.717) is 12.2 Å². The van der Waals surface area contributed by atoms with Crippen molar-refractivity contribution in [2.45, 2.75) is 38.1 Å². The molecule has 3 atom stereocenters. The van der Waals surface area contributed by atoms with E-state index < -0.39 is 21.8 Å². The first-order chi connectivity index (χ1) is 9.71. The predicted octanol–water partition coefficient (Wildman–Crippen LogP) is 0.822. The lowest BCUT2D eigenvalue weighted by atomic mass is 10.0. The molecule has 120 valence electrons. The summed E-state index contributed by atoms with van der Waals surface area (Å²) in [7, 11) is -3.02. The van der Waals surface area contributed by atoms with Crippen molar-refractivity contribution in [1.82, 2.24) is 4.90 Å². The quantitative estimate of drug-likeness (QED) is 0.818. The van der Waals surface area contributed by atoms with Crippen LogP contribution in [0.3, 0.4) is 0 Å². The smallest absolute Gasteiger partial charge is 0.327 e. The summed E-state index contributed by atoms with van der Waals surface area (Å²) >= 11 is 1.49. The second-order valence-corrected chi connectivity index (χ2v) is 9.47. The second-order valence-electron chi connectivity index (χ2n) is 6.10. The van der Waals surface area contributed by atoms with Crippen LogP contribution in [0.2, 0.25) is 0 Å². The van der Waals surface area contributed by atoms with Crippen molar-refractivity contribution in [2.24, 2.45) is 11.8 Å². The van der Waals surface area contributed by atoms with Crippen LogP contribution in [0.25, 0.3) is 0 Å². The van der Waals surface area contributed by atoms with Gasteiger partial charge in [-0.1, -0.05) is 13.8 Å². The molecule has 0 radical (unpaired) electrons. The summed E-state index contributed by atoms with van der Waals surface area (Å²) in [5.74, 6) is -0.649. The highest BCUT2D eigenvalue weighted by Gasteiger charge is 2.43. The van der Waals surface area contributed by atoms with Gasteiger partial charge in [0.05, 0.1) is 16.9 Å². The normalized spacial score (nSPS) is 31.8. The molecule has 2 aliphatic heterocycles. The maximum Gasteiger partial charge on any atom is 0.327 e. The van der Waals surface area contributed by atoms with Crippen LogP contribution in [0.5, 0.6) is 0 Å². The van der Waals surface area contributed by atoms with Crippen LogP contribution in [0.15, 0.2) is 0 Å². The van der Waals surface area contributed by atoms with Crippen LogP contribution < -0.4 is 0 Å². The average molecular weight is 335 g/mol. The van der Waals surface area contributed by atoms with E-state index in [9.17, 15) is 23.1 Å². The fourth-order valence-electron chi connectivity index (χ4n) is 2.93. The van der Waals surface area contributed by atoms with Crippen LogP contribution in [-0.2, 0) is 19.4 Å². The average Bonchev–Trinajstić information content (AvgIpc) is 2.92. The van der Waals surface area contributed by atoms with Crippen molar-refractivity contribution < 1.29 is 23.1 Å². The fourth-order valence-corrected chi connectivity index (χ4v) is 6.29. The maximum atomic E-state index is 12.5. The summed E-state index contributed by atoms with van der Waals surface area (Å²) in [6.07, 6.45) is 0.631. The molecule has 1 amide bonds. The molecule has 2 heterocycles. The van der Waals surface area contributed by atoms with Crippen molar-refractivity contribution in [2.75, 3.05) is 17.3 Å². The summed E-state index contributed by atoms with van der Waals surface area (Å²) in [6, 6.07) is -0.798. The lowest BCUT2D eigenvalue weighted by molar-refractivity contribution is -0.149. The van der Waals surface area contributed by atoms with E-state index in [1.807, 2.05) is 13.8 Å². The van der Waals surface area contributed by atoms with Gasteiger partial charge in [0.2, 0.25) is 5.91 Å². The highest BCUT2D eigenvalue weighted by Crippen LogP contribution is 2.35. The van der Waals surface area contributed by atoms with Gasteiger partial charge in [0.25, 0.3) is 0 Å². The molecule has 0 bridgehead atoms. The van der Waals surface area contributed by atoms with Crippen LogP contribution in [0.1, 0.15) is 26.7 Å². The van der Waals surface area contributed by atoms with E-state index in [4.69, 9.17) is 0 Å². The molecular formula is C13H21NO5S2. The monoisotopic (exact) mass is 335 g/mol. The molecule has 1 N–H and O–H groups in total. The molecule has 0 spiro atoms. The highest BCUT2D eigenvalue weighted by molar-refractivity contribution is 8.00. The molecule has 0 aromatic heterocycles. The van der Waals surface area contributed by atoms with Gasteiger partial charge in [-0.2, -0.15) is 0 Å². The fraction of sp³-hybridized carbons (Fsp3) is 0.846. The largest absolute Gasteiger partial charge is 0.480 e. The third kappa shape index (κ3) is 3.71. The topological polar surface area (TPSA) is 91.8 Å². The number of aliphatic carboxylic acids is 1. The minimum Gasteiger partial charge on any atom is -0.480 e. The summed E-state index contributed by atoms with van der Waals surface area (Å²) < 4.78 is 22.9. The minimum absolute atomic E-state index is 0.0454. The number of carboxylic acid groups (broad SMARTS) is 1. The maximum absolute atomic E-state index is 12.5. The van der Waals surface area contributed by atoms with Gasteiger partial charge in [0, 0.05) is 12.2 Å². The number of amides is 1. The summed E-state index contributed by atoms with van der Waals surface area (Å²) in [5, 5.41) is 9.13. The molecule has 0 aromatic rings. The van der Waals surface area contributed by atoms with E-state index in [1.54, 1.807) is 0 Å². The van der Waals surface area contributed by atoms with Gasteiger partial charge in [-0.25, -0.2) is 13.2 Å². The first-order valence-electron chi connectivity index (χ1n) is 7.07. The Kier molecular flexibility index (Phi) is 4.87. The van der Waals surface area contributed by atoms with Crippen molar-refractivity contribution in [1.29, 1.82) is 0 Å². The van der Waals surface area contributed by atoms with Gasteiger partial charge in [-0.05, 0) is 18.3 Å². The Labute approximate surface area is 129 Å². The molecule has 6 nitrogen and oxygen atoms in total. The molecule has 0 saturated carbocycles. The summed E-state index contributed by atoms with van der Waals surface area (Å²) in [4.78, 5) is 25.3. The van der Waals surface area contributed by atoms with E-state index in [0.717, 1.165) is 0 Å². The zero-order valence-electron chi connectivity index (χ0n) is 12.2. The Hall–Kier alpha value is -0.760. The number of carboxylic acids is 1. The molecular weight excluding hydrogens is 314 g/mol. The third-order valence-electron chi connectivity index (χ3n) is 3.97. The number of thioether (sulfide) groups is 1. The van der Waals surface area contributed by atoms with Gasteiger partial charge in [0.1, 0.15) is 6.04 Å². The zero-order chi connectivity index (χ0) is 15.8. The van der Waals surface area contributed by atoms with Crippen LogP contribution in [0.4, 0.5) is 0 Å². The lowest BCUT2D eigenvalue weighted by Crippen LogP contribution is -2.47. The number of carbonyl (C=O) groups excluding carboxylic acids is 1. The van der Waals surface area contributed by atoms with Crippen molar-refractivity contribution >= 4 is 33.5 Å². The number of sulfone groups is 1. The number of hydrogen-bond donors (Lipinski definition) is 1. The summed E-state index contributed by atoms with van der Waals surface area (Å²) in [5.41, 5.74) is 0. The molecule has 0 aromatic carbocycles. The highest BCUT2D eigenvalue weighted by atomic mass is 32.2. The van der Waals surface area contributed by atoms with Gasteiger partial charge >= 0.3 is 5.97 Å². The number of hydrogen-bond acceptors (Lipinski definition) is 5. The molecule has 2 saturated heterocycles. The van der Waals surface area contributed by atoms with Crippen molar-refractivity contribution in [3.63, 3.8) is 0 Å². The zero-order valence-corrected chi connectivity index (χ0v) is 13.8. The molecule has 3 unspecified atom stereocenters. The third-order valence-corrected chi connectivity index (χ3v) is 7.43. The van der Waals surface area contributed by atoms with E-state index in [2.05, 4.69) is 0 Å². The first-order valence-corrected chi connectivity index (χ1v) is 9.94. The van der Waals surface area contributed by atoms with Crippen LogP contribution >= 0.6 is 11.8 Å². The van der Waals surface area contributed by atoms with Gasteiger partial charge in [-0.3, -0.25) is 4.79 Å². The van der Waals surface area contributed by atoms with Crippen molar-refractivity contribution in [3.8, 4) is 0 Å². The Morgan fingerprint density at radius 1 is 1.38 bits per heavy atom. The molecule has 21 heavy (non-hydrogen) atoms.